The molecule has 0 aromatic heterocycles. The van der Waals surface area contributed by atoms with Crippen LogP contribution in [0.3, 0.4) is 0 Å². The monoisotopic (exact) mass is 476 g/mol. The summed E-state index contributed by atoms with van der Waals surface area (Å²) in [5.74, 6) is 1.42. The number of carbonyl (C=O) groups excluding carboxylic acids is 1. The SMILES string of the molecule is O=C1CCCN1Cc1cccc(OCC(O)CN2CCC(c3ccc(Cl)c(Cl)c3)CC2)c1. The quantitative estimate of drug-likeness (QED) is 0.597. The second kappa shape index (κ2) is 10.9. The lowest BCUT2D eigenvalue weighted by atomic mass is 9.89. The number of hydrogen-bond acceptors (Lipinski definition) is 4. The van der Waals surface area contributed by atoms with Crippen LogP contribution in [0.15, 0.2) is 42.5 Å². The Balaban J connectivity index is 1.21. The molecule has 2 saturated heterocycles. The van der Waals surface area contributed by atoms with Crippen LogP contribution in [-0.4, -0.2) is 59.7 Å². The molecule has 7 heteroatoms. The molecule has 1 N–H and O–H groups in total. The third-order valence-corrected chi connectivity index (χ3v) is 7.10. The van der Waals surface area contributed by atoms with Crippen LogP contribution in [0.25, 0.3) is 0 Å². The minimum atomic E-state index is -0.555. The predicted octanol–water partition coefficient (Wildman–Crippen LogP) is 4.74. The van der Waals surface area contributed by atoms with Gasteiger partial charge in [0.05, 0.1) is 10.0 Å². The fraction of sp³-hybridized carbons (Fsp3) is 0.480. The van der Waals surface area contributed by atoms with Crippen molar-refractivity contribution in [2.45, 2.75) is 44.2 Å². The Labute approximate surface area is 199 Å². The first-order valence-electron chi connectivity index (χ1n) is 11.3. The molecule has 1 atom stereocenters. The first kappa shape index (κ1) is 23.4. The zero-order chi connectivity index (χ0) is 22.5. The molecule has 172 valence electrons. The Kier molecular flexibility index (Phi) is 7.95. The number of nitrogens with zero attached hydrogens (tertiary/aromatic N) is 2. The number of carbonyl (C=O) groups is 1. The topological polar surface area (TPSA) is 53.0 Å². The molecule has 5 nitrogen and oxygen atoms in total. The van der Waals surface area contributed by atoms with E-state index in [1.54, 1.807) is 0 Å². The van der Waals surface area contributed by atoms with E-state index in [1.165, 1.54) is 5.56 Å². The van der Waals surface area contributed by atoms with Crippen molar-refractivity contribution >= 4 is 29.1 Å². The number of β-amino-alcohol motifs (C(OH)–C–C–N with tert-alkyl or cyclic N) is 1. The standard InChI is InChI=1S/C25H30Cl2N2O3/c26-23-7-6-20(14-24(23)27)19-8-11-28(12-9-19)16-21(30)17-32-22-4-1-3-18(13-22)15-29-10-2-5-25(29)31/h1,3-4,6-7,13-14,19,21,30H,2,5,8-12,15-17H2. The highest BCUT2D eigenvalue weighted by molar-refractivity contribution is 6.42. The smallest absolute Gasteiger partial charge is 0.222 e. The first-order valence-corrected chi connectivity index (χ1v) is 12.1. The number of ether oxygens (including phenoxy) is 1. The number of likely N-dealkylation sites (tertiary alicyclic amines) is 2. The number of benzene rings is 2. The summed E-state index contributed by atoms with van der Waals surface area (Å²) in [4.78, 5) is 16.0. The number of amides is 1. The van der Waals surface area contributed by atoms with E-state index in [4.69, 9.17) is 27.9 Å². The molecule has 2 aromatic rings. The van der Waals surface area contributed by atoms with Gasteiger partial charge >= 0.3 is 0 Å². The number of halogens is 2. The van der Waals surface area contributed by atoms with Crippen molar-refractivity contribution in [1.82, 2.24) is 9.80 Å². The Hall–Kier alpha value is -1.79. The van der Waals surface area contributed by atoms with E-state index in [0.29, 0.717) is 35.5 Å². The fourth-order valence-corrected chi connectivity index (χ4v) is 4.89. The van der Waals surface area contributed by atoms with Crippen molar-refractivity contribution in [3.8, 4) is 5.75 Å². The maximum atomic E-state index is 11.8. The second-order valence-electron chi connectivity index (χ2n) is 8.78. The summed E-state index contributed by atoms with van der Waals surface area (Å²) in [6.07, 6.45) is 3.09. The van der Waals surface area contributed by atoms with Crippen LogP contribution >= 0.6 is 23.2 Å². The average molecular weight is 477 g/mol. The number of hydrogen-bond donors (Lipinski definition) is 1. The molecular weight excluding hydrogens is 447 g/mol. The van der Waals surface area contributed by atoms with Crippen LogP contribution in [-0.2, 0) is 11.3 Å². The van der Waals surface area contributed by atoms with Crippen molar-refractivity contribution in [2.75, 3.05) is 32.8 Å². The maximum Gasteiger partial charge on any atom is 0.222 e. The third-order valence-electron chi connectivity index (χ3n) is 6.36. The van der Waals surface area contributed by atoms with Crippen molar-refractivity contribution in [3.63, 3.8) is 0 Å². The van der Waals surface area contributed by atoms with E-state index in [9.17, 15) is 9.90 Å². The minimum Gasteiger partial charge on any atom is -0.491 e. The molecule has 2 fully saturated rings. The second-order valence-corrected chi connectivity index (χ2v) is 9.59. The van der Waals surface area contributed by atoms with E-state index in [-0.39, 0.29) is 12.5 Å². The molecule has 2 heterocycles. The summed E-state index contributed by atoms with van der Waals surface area (Å²) in [5.41, 5.74) is 2.29. The highest BCUT2D eigenvalue weighted by Crippen LogP contribution is 2.32. The fourth-order valence-electron chi connectivity index (χ4n) is 4.58. The van der Waals surface area contributed by atoms with E-state index in [0.717, 1.165) is 50.2 Å². The molecule has 2 aliphatic rings. The van der Waals surface area contributed by atoms with E-state index in [1.807, 2.05) is 41.3 Å². The van der Waals surface area contributed by atoms with Crippen molar-refractivity contribution in [3.05, 3.63) is 63.6 Å². The summed E-state index contributed by atoms with van der Waals surface area (Å²) >= 11 is 12.2. The lowest BCUT2D eigenvalue weighted by Gasteiger charge is -2.33. The highest BCUT2D eigenvalue weighted by atomic mass is 35.5. The van der Waals surface area contributed by atoms with Gasteiger partial charge in [0, 0.05) is 26.1 Å². The molecule has 0 aliphatic carbocycles. The number of aliphatic hydroxyl groups excluding tert-OH is 1. The molecule has 1 unspecified atom stereocenters. The predicted molar refractivity (Wildman–Crippen MR) is 127 cm³/mol. The first-order chi connectivity index (χ1) is 15.5. The van der Waals surface area contributed by atoms with Gasteiger partial charge in [-0.15, -0.1) is 0 Å². The number of aliphatic hydroxyl groups is 1. The van der Waals surface area contributed by atoms with Crippen molar-refractivity contribution < 1.29 is 14.6 Å². The average Bonchev–Trinajstić information content (AvgIpc) is 3.19. The summed E-state index contributed by atoms with van der Waals surface area (Å²) in [6, 6.07) is 13.7. The zero-order valence-electron chi connectivity index (χ0n) is 18.2. The van der Waals surface area contributed by atoms with E-state index < -0.39 is 6.10 Å². The van der Waals surface area contributed by atoms with Crippen LogP contribution in [0, 0.1) is 0 Å². The minimum absolute atomic E-state index is 0.217. The van der Waals surface area contributed by atoms with Crippen molar-refractivity contribution in [2.24, 2.45) is 0 Å². The lowest BCUT2D eigenvalue weighted by Crippen LogP contribution is -2.40. The van der Waals surface area contributed by atoms with Gasteiger partial charge in [0.25, 0.3) is 0 Å². The molecule has 2 aliphatic heterocycles. The van der Waals surface area contributed by atoms with E-state index in [2.05, 4.69) is 11.0 Å². The largest absolute Gasteiger partial charge is 0.491 e. The molecule has 2 aromatic carbocycles. The summed E-state index contributed by atoms with van der Waals surface area (Å²) in [6.45, 7) is 4.15. The van der Waals surface area contributed by atoms with Gasteiger partial charge in [-0.05, 0) is 73.7 Å². The molecular formula is C25H30Cl2N2O3. The third kappa shape index (κ3) is 6.16. The van der Waals surface area contributed by atoms with Gasteiger partial charge in [-0.3, -0.25) is 4.79 Å². The normalized spacial score (nSPS) is 18.8. The van der Waals surface area contributed by atoms with Crippen LogP contribution in [0.5, 0.6) is 5.75 Å². The molecule has 0 spiro atoms. The van der Waals surface area contributed by atoms with Gasteiger partial charge in [0.15, 0.2) is 0 Å². The summed E-state index contributed by atoms with van der Waals surface area (Å²) in [7, 11) is 0. The van der Waals surface area contributed by atoms with Crippen LogP contribution in [0.4, 0.5) is 0 Å². The molecule has 0 saturated carbocycles. The number of rotatable bonds is 8. The Bertz CT molecular complexity index is 931. The Morgan fingerprint density at radius 3 is 2.59 bits per heavy atom. The molecule has 1 amide bonds. The van der Waals surface area contributed by atoms with Gasteiger partial charge < -0.3 is 19.6 Å². The molecule has 0 radical (unpaired) electrons. The molecule has 0 bridgehead atoms. The van der Waals surface area contributed by atoms with Gasteiger partial charge in [0.2, 0.25) is 5.91 Å². The van der Waals surface area contributed by atoms with E-state index >= 15 is 0 Å². The Morgan fingerprint density at radius 1 is 1.06 bits per heavy atom. The molecule has 4 rings (SSSR count). The lowest BCUT2D eigenvalue weighted by molar-refractivity contribution is -0.128. The van der Waals surface area contributed by atoms with Gasteiger partial charge in [-0.25, -0.2) is 0 Å². The van der Waals surface area contributed by atoms with Crippen LogP contribution in [0.2, 0.25) is 10.0 Å². The zero-order valence-corrected chi connectivity index (χ0v) is 19.7. The highest BCUT2D eigenvalue weighted by Gasteiger charge is 2.23. The van der Waals surface area contributed by atoms with Gasteiger partial charge in [0.1, 0.15) is 18.5 Å². The van der Waals surface area contributed by atoms with Crippen LogP contribution in [0.1, 0.15) is 42.7 Å². The Morgan fingerprint density at radius 2 is 1.88 bits per heavy atom. The maximum absolute atomic E-state index is 11.8. The summed E-state index contributed by atoms with van der Waals surface area (Å²) in [5, 5.41) is 11.7. The van der Waals surface area contributed by atoms with Gasteiger partial charge in [-0.2, -0.15) is 0 Å². The van der Waals surface area contributed by atoms with Crippen molar-refractivity contribution in [1.29, 1.82) is 0 Å². The van der Waals surface area contributed by atoms with Crippen LogP contribution < -0.4 is 4.74 Å². The molecule has 32 heavy (non-hydrogen) atoms. The van der Waals surface area contributed by atoms with Gasteiger partial charge in [-0.1, -0.05) is 41.4 Å². The summed E-state index contributed by atoms with van der Waals surface area (Å²) < 4.78 is 5.85. The number of piperidine rings is 1.